The standard InChI is InChI=1S/C16H20FN3O/c1-9(8-18)15-10(2)19-16(20-11(15)3)12-5-6-13(17)14(7-12)21-4/h5-7,9H,8,18H2,1-4H3. The Morgan fingerprint density at radius 3 is 2.38 bits per heavy atom. The first kappa shape index (κ1) is 15.4. The fraction of sp³-hybridized carbons (Fsp3) is 0.375. The summed E-state index contributed by atoms with van der Waals surface area (Å²) in [5.74, 6) is 0.562. The second kappa shape index (κ2) is 6.18. The zero-order chi connectivity index (χ0) is 15.6. The maximum Gasteiger partial charge on any atom is 0.165 e. The minimum absolute atomic E-state index is 0.186. The van der Waals surface area contributed by atoms with Gasteiger partial charge in [-0.1, -0.05) is 6.92 Å². The number of benzene rings is 1. The summed E-state index contributed by atoms with van der Waals surface area (Å²) < 4.78 is 18.5. The average Bonchev–Trinajstić information content (AvgIpc) is 2.46. The summed E-state index contributed by atoms with van der Waals surface area (Å²) in [4.78, 5) is 9.07. The van der Waals surface area contributed by atoms with Crippen LogP contribution in [0.4, 0.5) is 4.39 Å². The zero-order valence-corrected chi connectivity index (χ0v) is 12.8. The van der Waals surface area contributed by atoms with Crippen molar-refractivity contribution in [2.45, 2.75) is 26.7 Å². The van der Waals surface area contributed by atoms with Gasteiger partial charge < -0.3 is 10.5 Å². The van der Waals surface area contributed by atoms with E-state index in [2.05, 4.69) is 16.9 Å². The summed E-state index contributed by atoms with van der Waals surface area (Å²) in [5.41, 5.74) is 9.34. The second-order valence-corrected chi connectivity index (χ2v) is 5.12. The molecule has 1 unspecified atom stereocenters. The van der Waals surface area contributed by atoms with Crippen LogP contribution >= 0.6 is 0 Å². The van der Waals surface area contributed by atoms with Crippen molar-refractivity contribution in [3.63, 3.8) is 0 Å². The molecule has 0 aliphatic carbocycles. The van der Waals surface area contributed by atoms with Gasteiger partial charge in [-0.2, -0.15) is 0 Å². The second-order valence-electron chi connectivity index (χ2n) is 5.12. The Morgan fingerprint density at radius 1 is 1.24 bits per heavy atom. The Hall–Kier alpha value is -2.01. The molecule has 0 amide bonds. The van der Waals surface area contributed by atoms with Crippen LogP contribution in [-0.2, 0) is 0 Å². The zero-order valence-electron chi connectivity index (χ0n) is 12.8. The highest BCUT2D eigenvalue weighted by molar-refractivity contribution is 5.58. The minimum Gasteiger partial charge on any atom is -0.494 e. The number of hydrogen-bond donors (Lipinski definition) is 1. The average molecular weight is 289 g/mol. The van der Waals surface area contributed by atoms with Crippen molar-refractivity contribution in [3.8, 4) is 17.1 Å². The molecule has 5 heteroatoms. The highest BCUT2D eigenvalue weighted by Gasteiger charge is 2.15. The maximum absolute atomic E-state index is 13.5. The number of ether oxygens (including phenoxy) is 1. The fourth-order valence-electron chi connectivity index (χ4n) is 2.48. The molecule has 1 atom stereocenters. The molecule has 0 spiro atoms. The number of halogens is 1. The summed E-state index contributed by atoms with van der Waals surface area (Å²) >= 11 is 0. The van der Waals surface area contributed by atoms with E-state index in [1.807, 2.05) is 13.8 Å². The molecule has 0 bridgehead atoms. The highest BCUT2D eigenvalue weighted by Crippen LogP contribution is 2.27. The van der Waals surface area contributed by atoms with Crippen molar-refractivity contribution in [1.29, 1.82) is 0 Å². The molecule has 0 saturated carbocycles. The lowest BCUT2D eigenvalue weighted by Crippen LogP contribution is -2.14. The van der Waals surface area contributed by atoms with Gasteiger partial charge in [0.15, 0.2) is 17.4 Å². The van der Waals surface area contributed by atoms with Crippen LogP contribution in [0.1, 0.15) is 29.8 Å². The van der Waals surface area contributed by atoms with E-state index in [0.717, 1.165) is 22.5 Å². The molecule has 1 aromatic carbocycles. The molecule has 4 nitrogen and oxygen atoms in total. The molecule has 0 aliphatic heterocycles. The summed E-state index contributed by atoms with van der Waals surface area (Å²) in [6, 6.07) is 4.62. The summed E-state index contributed by atoms with van der Waals surface area (Å²) in [7, 11) is 1.44. The van der Waals surface area contributed by atoms with Crippen LogP contribution in [0.5, 0.6) is 5.75 Å². The van der Waals surface area contributed by atoms with Crippen molar-refractivity contribution in [1.82, 2.24) is 9.97 Å². The fourth-order valence-corrected chi connectivity index (χ4v) is 2.48. The quantitative estimate of drug-likeness (QED) is 0.940. The summed E-state index contributed by atoms with van der Waals surface area (Å²) in [6.45, 7) is 6.49. The normalized spacial score (nSPS) is 12.3. The lowest BCUT2D eigenvalue weighted by molar-refractivity contribution is 0.386. The molecule has 0 saturated heterocycles. The Morgan fingerprint density at radius 2 is 1.86 bits per heavy atom. The Kier molecular flexibility index (Phi) is 4.53. The molecular formula is C16H20FN3O. The largest absolute Gasteiger partial charge is 0.494 e. The van der Waals surface area contributed by atoms with Gasteiger partial charge in [-0.15, -0.1) is 0 Å². The predicted octanol–water partition coefficient (Wildman–Crippen LogP) is 2.97. The van der Waals surface area contributed by atoms with E-state index in [1.165, 1.54) is 13.2 Å². The van der Waals surface area contributed by atoms with Crippen molar-refractivity contribution >= 4 is 0 Å². The van der Waals surface area contributed by atoms with Gasteiger partial charge in [-0.05, 0) is 50.1 Å². The van der Waals surface area contributed by atoms with E-state index in [1.54, 1.807) is 12.1 Å². The minimum atomic E-state index is -0.400. The number of aryl methyl sites for hydroxylation is 2. The molecule has 112 valence electrons. The van der Waals surface area contributed by atoms with Gasteiger partial charge in [0.1, 0.15) is 0 Å². The molecule has 2 N–H and O–H groups in total. The van der Waals surface area contributed by atoms with Crippen LogP contribution in [0.2, 0.25) is 0 Å². The topological polar surface area (TPSA) is 61.0 Å². The number of hydrogen-bond acceptors (Lipinski definition) is 4. The molecule has 1 aromatic heterocycles. The molecule has 1 heterocycles. The van der Waals surface area contributed by atoms with Crippen LogP contribution in [-0.4, -0.2) is 23.6 Å². The Bertz CT molecular complexity index is 635. The number of nitrogens with two attached hydrogens (primary N) is 1. The summed E-state index contributed by atoms with van der Waals surface area (Å²) in [6.07, 6.45) is 0. The van der Waals surface area contributed by atoms with E-state index < -0.39 is 5.82 Å². The van der Waals surface area contributed by atoms with Crippen molar-refractivity contribution in [2.24, 2.45) is 5.73 Å². The first-order valence-corrected chi connectivity index (χ1v) is 6.87. The highest BCUT2D eigenvalue weighted by atomic mass is 19.1. The molecule has 21 heavy (non-hydrogen) atoms. The van der Waals surface area contributed by atoms with Crippen LogP contribution in [0, 0.1) is 19.7 Å². The Balaban J connectivity index is 2.51. The van der Waals surface area contributed by atoms with Gasteiger partial charge in [-0.3, -0.25) is 0 Å². The first-order chi connectivity index (χ1) is 9.97. The van der Waals surface area contributed by atoms with Gasteiger partial charge in [0.25, 0.3) is 0 Å². The van der Waals surface area contributed by atoms with Gasteiger partial charge in [0.2, 0.25) is 0 Å². The van der Waals surface area contributed by atoms with Gasteiger partial charge in [-0.25, -0.2) is 14.4 Å². The maximum atomic E-state index is 13.5. The van der Waals surface area contributed by atoms with Crippen molar-refractivity contribution in [2.75, 3.05) is 13.7 Å². The van der Waals surface area contributed by atoms with Crippen LogP contribution in [0.15, 0.2) is 18.2 Å². The summed E-state index contributed by atoms with van der Waals surface area (Å²) in [5, 5.41) is 0. The lowest BCUT2D eigenvalue weighted by Gasteiger charge is -2.16. The molecule has 2 rings (SSSR count). The van der Waals surface area contributed by atoms with Crippen LogP contribution in [0.25, 0.3) is 11.4 Å². The number of nitrogens with zero attached hydrogens (tertiary/aromatic N) is 2. The molecule has 0 radical (unpaired) electrons. The third kappa shape index (κ3) is 3.03. The van der Waals surface area contributed by atoms with Gasteiger partial charge in [0, 0.05) is 17.0 Å². The van der Waals surface area contributed by atoms with E-state index >= 15 is 0 Å². The van der Waals surface area contributed by atoms with E-state index in [4.69, 9.17) is 10.5 Å². The number of aromatic nitrogens is 2. The lowest BCUT2D eigenvalue weighted by atomic mass is 9.98. The predicted molar refractivity (Wildman–Crippen MR) is 80.9 cm³/mol. The third-order valence-electron chi connectivity index (χ3n) is 3.58. The van der Waals surface area contributed by atoms with E-state index in [9.17, 15) is 4.39 Å². The third-order valence-corrected chi connectivity index (χ3v) is 3.58. The van der Waals surface area contributed by atoms with Gasteiger partial charge in [0.05, 0.1) is 7.11 Å². The van der Waals surface area contributed by atoms with E-state index in [0.29, 0.717) is 12.4 Å². The van der Waals surface area contributed by atoms with Crippen LogP contribution in [0.3, 0.4) is 0 Å². The van der Waals surface area contributed by atoms with Crippen LogP contribution < -0.4 is 10.5 Å². The van der Waals surface area contributed by atoms with E-state index in [-0.39, 0.29) is 11.7 Å². The SMILES string of the molecule is COc1cc(-c2nc(C)c(C(C)CN)c(C)n2)ccc1F. The first-order valence-electron chi connectivity index (χ1n) is 6.87. The molecule has 0 aliphatic rings. The number of rotatable bonds is 4. The molecule has 0 fully saturated rings. The molecular weight excluding hydrogens is 269 g/mol. The van der Waals surface area contributed by atoms with Crippen molar-refractivity contribution in [3.05, 3.63) is 41.0 Å². The monoisotopic (exact) mass is 289 g/mol. The Labute approximate surface area is 124 Å². The smallest absolute Gasteiger partial charge is 0.165 e. The molecule has 2 aromatic rings. The number of methoxy groups -OCH3 is 1. The van der Waals surface area contributed by atoms with Gasteiger partial charge >= 0.3 is 0 Å². The van der Waals surface area contributed by atoms with Crippen molar-refractivity contribution < 1.29 is 9.13 Å².